The van der Waals surface area contributed by atoms with Crippen LogP contribution in [0.5, 0.6) is 5.75 Å². The Morgan fingerprint density at radius 2 is 2.08 bits per heavy atom. The molecule has 0 aliphatic rings. The minimum absolute atomic E-state index is 0.876. The first kappa shape index (κ1) is 10.1. The lowest BCUT2D eigenvalue weighted by atomic mass is 10.1. The molecule has 0 bridgehead atoms. The number of hydrogen-bond acceptors (Lipinski definition) is 1. The van der Waals surface area contributed by atoms with Crippen molar-refractivity contribution in [3.63, 3.8) is 0 Å². The number of benzene rings is 1. The Morgan fingerprint density at radius 1 is 1.42 bits per heavy atom. The largest absolute Gasteiger partial charge is 0.496 e. The summed E-state index contributed by atoms with van der Waals surface area (Å²) in [7, 11) is 1.67. The molecule has 0 aliphatic heterocycles. The van der Waals surface area contributed by atoms with Gasteiger partial charge in [0.25, 0.3) is 0 Å². The minimum Gasteiger partial charge on any atom is -0.496 e. The summed E-state index contributed by atoms with van der Waals surface area (Å²) in [6.45, 7) is 2.07. The van der Waals surface area contributed by atoms with E-state index in [4.69, 9.17) is 4.74 Å². The summed E-state index contributed by atoms with van der Waals surface area (Å²) in [5.74, 6) is 0.886. The quantitative estimate of drug-likeness (QED) is 0.756. The highest BCUT2D eigenvalue weighted by atomic mass is 79.9. The molecule has 1 nitrogen and oxygen atoms in total. The molecular weight excluding hydrogens is 284 g/mol. The first-order chi connectivity index (χ1) is 5.69. The van der Waals surface area contributed by atoms with Crippen LogP contribution in [0.2, 0.25) is 0 Å². The van der Waals surface area contributed by atoms with E-state index in [0.29, 0.717) is 0 Å². The zero-order valence-electron chi connectivity index (χ0n) is 7.03. The van der Waals surface area contributed by atoms with Crippen molar-refractivity contribution >= 4 is 31.9 Å². The van der Waals surface area contributed by atoms with Crippen molar-refractivity contribution in [2.75, 3.05) is 7.11 Å². The van der Waals surface area contributed by atoms with E-state index in [1.54, 1.807) is 7.11 Å². The molecule has 3 heteroatoms. The molecule has 0 radical (unpaired) electrons. The van der Waals surface area contributed by atoms with Crippen LogP contribution >= 0.6 is 31.9 Å². The van der Waals surface area contributed by atoms with Gasteiger partial charge in [0.1, 0.15) is 5.75 Å². The molecule has 0 amide bonds. The van der Waals surface area contributed by atoms with Crippen molar-refractivity contribution < 1.29 is 4.74 Å². The number of halogens is 2. The average Bonchev–Trinajstić information content (AvgIpc) is 2.08. The molecule has 0 saturated heterocycles. The van der Waals surface area contributed by atoms with Crippen LogP contribution in [0.3, 0.4) is 0 Å². The minimum atomic E-state index is 0.876. The van der Waals surface area contributed by atoms with E-state index in [9.17, 15) is 0 Å². The van der Waals surface area contributed by atoms with Crippen molar-refractivity contribution in [3.8, 4) is 5.75 Å². The van der Waals surface area contributed by atoms with Crippen molar-refractivity contribution in [2.45, 2.75) is 12.3 Å². The van der Waals surface area contributed by atoms with Gasteiger partial charge in [-0.3, -0.25) is 0 Å². The molecule has 0 spiro atoms. The van der Waals surface area contributed by atoms with E-state index in [1.165, 1.54) is 11.1 Å². The lowest BCUT2D eigenvalue weighted by Crippen LogP contribution is -1.89. The van der Waals surface area contributed by atoms with E-state index in [2.05, 4.69) is 44.8 Å². The maximum absolute atomic E-state index is 5.16. The van der Waals surface area contributed by atoms with Crippen molar-refractivity contribution in [3.05, 3.63) is 27.7 Å². The third-order valence-electron chi connectivity index (χ3n) is 1.75. The van der Waals surface area contributed by atoms with Gasteiger partial charge in [-0.25, -0.2) is 0 Å². The van der Waals surface area contributed by atoms with E-state index in [0.717, 1.165) is 15.6 Å². The normalized spacial score (nSPS) is 10.0. The van der Waals surface area contributed by atoms with E-state index >= 15 is 0 Å². The summed E-state index contributed by atoms with van der Waals surface area (Å²) in [6, 6.07) is 4.10. The van der Waals surface area contributed by atoms with Crippen molar-refractivity contribution in [1.82, 2.24) is 0 Å². The molecule has 66 valence electrons. The fraction of sp³-hybridized carbons (Fsp3) is 0.333. The van der Waals surface area contributed by atoms with Crippen LogP contribution < -0.4 is 4.74 Å². The molecule has 0 atom stereocenters. The third-order valence-corrected chi connectivity index (χ3v) is 2.98. The molecule has 0 fully saturated rings. The summed E-state index contributed by atoms with van der Waals surface area (Å²) in [5, 5.41) is 0.876. The van der Waals surface area contributed by atoms with Crippen molar-refractivity contribution in [2.24, 2.45) is 0 Å². The zero-order valence-corrected chi connectivity index (χ0v) is 10.2. The first-order valence-corrected chi connectivity index (χ1v) is 5.49. The van der Waals surface area contributed by atoms with Gasteiger partial charge in [-0.05, 0) is 46.1 Å². The second-order valence-corrected chi connectivity index (χ2v) is 3.96. The maximum atomic E-state index is 5.16. The lowest BCUT2D eigenvalue weighted by molar-refractivity contribution is 0.411. The van der Waals surface area contributed by atoms with Gasteiger partial charge in [0.2, 0.25) is 0 Å². The van der Waals surface area contributed by atoms with Crippen LogP contribution in [-0.4, -0.2) is 7.11 Å². The summed E-state index contributed by atoms with van der Waals surface area (Å²) in [5.41, 5.74) is 2.52. The zero-order chi connectivity index (χ0) is 9.14. The number of hydrogen-bond donors (Lipinski definition) is 0. The second kappa shape index (κ2) is 4.28. The maximum Gasteiger partial charge on any atom is 0.133 e. The van der Waals surface area contributed by atoms with Gasteiger partial charge in [0.05, 0.1) is 11.6 Å². The second-order valence-electron chi connectivity index (χ2n) is 2.55. The predicted molar refractivity (Wildman–Crippen MR) is 58.1 cm³/mol. The van der Waals surface area contributed by atoms with Gasteiger partial charge in [0.15, 0.2) is 0 Å². The molecule has 0 unspecified atom stereocenters. The highest BCUT2D eigenvalue weighted by Gasteiger charge is 2.03. The van der Waals surface area contributed by atoms with Crippen LogP contribution in [0.15, 0.2) is 16.6 Å². The Bertz CT molecular complexity index is 254. The Labute approximate surface area is 89.4 Å². The van der Waals surface area contributed by atoms with E-state index in [1.807, 2.05) is 6.07 Å². The van der Waals surface area contributed by atoms with Gasteiger partial charge < -0.3 is 4.74 Å². The lowest BCUT2D eigenvalue weighted by Gasteiger charge is -2.07. The Kier molecular flexibility index (Phi) is 3.59. The fourth-order valence-electron chi connectivity index (χ4n) is 0.997. The predicted octanol–water partition coefficient (Wildman–Crippen LogP) is 3.66. The smallest absolute Gasteiger partial charge is 0.133 e. The molecule has 0 aromatic heterocycles. The molecule has 0 aliphatic carbocycles. The topological polar surface area (TPSA) is 9.23 Å². The van der Waals surface area contributed by atoms with Gasteiger partial charge in [-0.1, -0.05) is 15.9 Å². The highest BCUT2D eigenvalue weighted by Crippen LogP contribution is 2.28. The molecule has 1 aromatic carbocycles. The average molecular weight is 294 g/mol. The molecule has 1 rings (SSSR count). The van der Waals surface area contributed by atoms with Crippen LogP contribution in [-0.2, 0) is 5.33 Å². The third kappa shape index (κ3) is 2.02. The molecule has 1 aromatic rings. The van der Waals surface area contributed by atoms with E-state index < -0.39 is 0 Å². The van der Waals surface area contributed by atoms with Crippen LogP contribution in [0, 0.1) is 6.92 Å². The number of rotatable bonds is 2. The summed E-state index contributed by atoms with van der Waals surface area (Å²) in [6.07, 6.45) is 0. The molecule has 12 heavy (non-hydrogen) atoms. The Morgan fingerprint density at radius 3 is 2.58 bits per heavy atom. The van der Waals surface area contributed by atoms with Crippen LogP contribution in [0.4, 0.5) is 0 Å². The Hall–Kier alpha value is -0.0200. The molecular formula is C9H10Br2O. The number of ether oxygens (including phenoxy) is 1. The van der Waals surface area contributed by atoms with Gasteiger partial charge in [-0.2, -0.15) is 0 Å². The molecule has 0 saturated carbocycles. The Balaban J connectivity index is 3.16. The molecule has 0 N–H and O–H groups in total. The van der Waals surface area contributed by atoms with Gasteiger partial charge in [0, 0.05) is 5.33 Å². The van der Waals surface area contributed by atoms with Crippen molar-refractivity contribution in [1.29, 1.82) is 0 Å². The van der Waals surface area contributed by atoms with Crippen LogP contribution in [0.1, 0.15) is 11.1 Å². The monoisotopic (exact) mass is 292 g/mol. The fourth-order valence-corrected chi connectivity index (χ4v) is 2.15. The molecule has 0 heterocycles. The summed E-state index contributed by atoms with van der Waals surface area (Å²) in [4.78, 5) is 0. The van der Waals surface area contributed by atoms with Crippen LogP contribution in [0.25, 0.3) is 0 Å². The number of aryl methyl sites for hydroxylation is 1. The first-order valence-electron chi connectivity index (χ1n) is 3.58. The number of alkyl halides is 1. The van der Waals surface area contributed by atoms with E-state index in [-0.39, 0.29) is 0 Å². The van der Waals surface area contributed by atoms with Gasteiger partial charge >= 0.3 is 0 Å². The summed E-state index contributed by atoms with van der Waals surface area (Å²) < 4.78 is 6.17. The highest BCUT2D eigenvalue weighted by molar-refractivity contribution is 9.10. The standard InChI is InChI=1S/C9H10Br2O/c1-6-3-9(12-2)8(11)4-7(6)5-10/h3-4H,5H2,1-2H3. The number of methoxy groups -OCH3 is 1. The summed E-state index contributed by atoms with van der Waals surface area (Å²) >= 11 is 6.86. The SMILES string of the molecule is COc1cc(C)c(CBr)cc1Br. The van der Waals surface area contributed by atoms with Gasteiger partial charge in [-0.15, -0.1) is 0 Å².